The smallest absolute Gasteiger partial charge is 0.354 e. The van der Waals surface area contributed by atoms with Crippen molar-refractivity contribution < 1.29 is 13.9 Å². The van der Waals surface area contributed by atoms with Crippen molar-refractivity contribution in [2.75, 3.05) is 7.11 Å². The summed E-state index contributed by atoms with van der Waals surface area (Å²) in [6.07, 6.45) is 2.31. The van der Waals surface area contributed by atoms with Gasteiger partial charge in [0, 0.05) is 19.2 Å². The molecule has 2 rings (SSSR count). The van der Waals surface area contributed by atoms with E-state index in [1.54, 1.807) is 12.3 Å². The fraction of sp³-hybridized carbons (Fsp3) is 0.250. The number of carbonyl (C=O) groups is 1. The van der Waals surface area contributed by atoms with E-state index in [0.717, 1.165) is 11.5 Å². The number of esters is 1. The Kier molecular flexibility index (Phi) is 2.81. The maximum Gasteiger partial charge on any atom is 0.354 e. The van der Waals surface area contributed by atoms with Gasteiger partial charge in [-0.2, -0.15) is 0 Å². The van der Waals surface area contributed by atoms with Crippen LogP contribution in [0.1, 0.15) is 21.9 Å². The molecule has 0 fully saturated rings. The molecule has 0 bridgehead atoms. The Hall–Kier alpha value is -1.97. The summed E-state index contributed by atoms with van der Waals surface area (Å²) < 4.78 is 11.8. The van der Waals surface area contributed by atoms with Gasteiger partial charge in [0.15, 0.2) is 0 Å². The standard InChI is InChI=1S/C12H13NO3/c1-13-9(8-10-4-3-7-16-10)5-6-11(13)12(14)15-2/h3-7H,8H2,1-2H3. The largest absolute Gasteiger partial charge is 0.469 e. The van der Waals surface area contributed by atoms with E-state index < -0.39 is 0 Å². The van der Waals surface area contributed by atoms with Crippen LogP contribution in [0.5, 0.6) is 0 Å². The molecule has 2 aromatic rings. The number of methoxy groups -OCH3 is 1. The van der Waals surface area contributed by atoms with E-state index in [2.05, 4.69) is 4.74 Å². The van der Waals surface area contributed by atoms with Crippen LogP contribution in [0.3, 0.4) is 0 Å². The third-order valence-electron chi connectivity index (χ3n) is 2.56. The van der Waals surface area contributed by atoms with E-state index in [1.807, 2.05) is 29.8 Å². The molecular formula is C12H13NO3. The average molecular weight is 219 g/mol. The summed E-state index contributed by atoms with van der Waals surface area (Å²) in [6.45, 7) is 0. The minimum atomic E-state index is -0.326. The molecule has 0 unspecified atom stereocenters. The maximum absolute atomic E-state index is 11.4. The third-order valence-corrected chi connectivity index (χ3v) is 2.56. The van der Waals surface area contributed by atoms with Gasteiger partial charge in [-0.15, -0.1) is 0 Å². The third kappa shape index (κ3) is 1.86. The first-order chi connectivity index (χ1) is 7.72. The monoisotopic (exact) mass is 219 g/mol. The Morgan fingerprint density at radius 2 is 2.25 bits per heavy atom. The van der Waals surface area contributed by atoms with Gasteiger partial charge >= 0.3 is 5.97 Å². The number of carbonyl (C=O) groups excluding carboxylic acids is 1. The highest BCUT2D eigenvalue weighted by Crippen LogP contribution is 2.13. The van der Waals surface area contributed by atoms with Crippen LogP contribution in [0.2, 0.25) is 0 Å². The Morgan fingerprint density at radius 3 is 2.88 bits per heavy atom. The molecule has 0 saturated carbocycles. The van der Waals surface area contributed by atoms with Crippen molar-refractivity contribution in [1.82, 2.24) is 4.57 Å². The molecular weight excluding hydrogens is 206 g/mol. The van der Waals surface area contributed by atoms with Crippen LogP contribution < -0.4 is 0 Å². The summed E-state index contributed by atoms with van der Waals surface area (Å²) in [6, 6.07) is 7.41. The van der Waals surface area contributed by atoms with Gasteiger partial charge < -0.3 is 13.7 Å². The average Bonchev–Trinajstić information content (AvgIpc) is 2.90. The zero-order valence-corrected chi connectivity index (χ0v) is 9.27. The summed E-state index contributed by atoms with van der Waals surface area (Å²) in [4.78, 5) is 11.4. The normalized spacial score (nSPS) is 10.4. The van der Waals surface area contributed by atoms with E-state index >= 15 is 0 Å². The van der Waals surface area contributed by atoms with Gasteiger partial charge in [0.1, 0.15) is 11.5 Å². The van der Waals surface area contributed by atoms with E-state index in [9.17, 15) is 4.79 Å². The maximum atomic E-state index is 11.4. The first-order valence-electron chi connectivity index (χ1n) is 4.97. The fourth-order valence-corrected chi connectivity index (χ4v) is 1.63. The Balaban J connectivity index is 2.23. The van der Waals surface area contributed by atoms with Gasteiger partial charge in [-0.25, -0.2) is 4.79 Å². The lowest BCUT2D eigenvalue weighted by molar-refractivity contribution is 0.0589. The van der Waals surface area contributed by atoms with Crippen molar-refractivity contribution in [2.24, 2.45) is 7.05 Å². The second-order valence-corrected chi connectivity index (χ2v) is 3.52. The van der Waals surface area contributed by atoms with Gasteiger partial charge in [-0.1, -0.05) is 0 Å². The summed E-state index contributed by atoms with van der Waals surface area (Å²) in [5.74, 6) is 0.547. The van der Waals surface area contributed by atoms with E-state index in [0.29, 0.717) is 12.1 Å². The summed E-state index contributed by atoms with van der Waals surface area (Å²) in [5.41, 5.74) is 1.56. The van der Waals surface area contributed by atoms with E-state index in [-0.39, 0.29) is 5.97 Å². The number of hydrogen-bond donors (Lipinski definition) is 0. The van der Waals surface area contributed by atoms with Crippen molar-refractivity contribution in [2.45, 2.75) is 6.42 Å². The highest BCUT2D eigenvalue weighted by molar-refractivity contribution is 5.87. The number of nitrogens with zero attached hydrogens (tertiary/aromatic N) is 1. The minimum Gasteiger partial charge on any atom is -0.469 e. The van der Waals surface area contributed by atoms with Crippen molar-refractivity contribution >= 4 is 5.97 Å². The molecule has 84 valence electrons. The highest BCUT2D eigenvalue weighted by Gasteiger charge is 2.13. The molecule has 0 aliphatic heterocycles. The molecule has 0 atom stereocenters. The number of ether oxygens (including phenoxy) is 1. The molecule has 0 aliphatic rings. The van der Waals surface area contributed by atoms with Gasteiger partial charge in [0.25, 0.3) is 0 Å². The summed E-state index contributed by atoms with van der Waals surface area (Å²) in [7, 11) is 3.21. The number of rotatable bonds is 3. The first kappa shape index (κ1) is 10.5. The first-order valence-corrected chi connectivity index (χ1v) is 4.97. The Morgan fingerprint density at radius 1 is 1.44 bits per heavy atom. The topological polar surface area (TPSA) is 44.4 Å². The molecule has 2 aromatic heterocycles. The lowest BCUT2D eigenvalue weighted by Crippen LogP contribution is -2.09. The number of hydrogen-bond acceptors (Lipinski definition) is 3. The van der Waals surface area contributed by atoms with Crippen LogP contribution in [0.4, 0.5) is 0 Å². The zero-order chi connectivity index (χ0) is 11.5. The molecule has 4 heteroatoms. The highest BCUT2D eigenvalue weighted by atomic mass is 16.5. The lowest BCUT2D eigenvalue weighted by Gasteiger charge is -2.04. The number of aromatic nitrogens is 1. The second kappa shape index (κ2) is 4.26. The molecule has 4 nitrogen and oxygen atoms in total. The van der Waals surface area contributed by atoms with Crippen LogP contribution in [0.25, 0.3) is 0 Å². The second-order valence-electron chi connectivity index (χ2n) is 3.52. The van der Waals surface area contributed by atoms with Crippen molar-refractivity contribution in [3.63, 3.8) is 0 Å². The SMILES string of the molecule is COC(=O)c1ccc(Cc2ccco2)n1C. The predicted molar refractivity (Wildman–Crippen MR) is 58.3 cm³/mol. The van der Waals surface area contributed by atoms with Crippen molar-refractivity contribution in [1.29, 1.82) is 0 Å². The molecule has 2 heterocycles. The molecule has 0 saturated heterocycles. The van der Waals surface area contributed by atoms with Crippen LogP contribution in [-0.2, 0) is 18.2 Å². The zero-order valence-electron chi connectivity index (χ0n) is 9.27. The quantitative estimate of drug-likeness (QED) is 0.741. The van der Waals surface area contributed by atoms with Crippen molar-refractivity contribution in [3.8, 4) is 0 Å². The molecule has 0 aliphatic carbocycles. The fourth-order valence-electron chi connectivity index (χ4n) is 1.63. The number of furan rings is 1. The molecule has 0 aromatic carbocycles. The summed E-state index contributed by atoms with van der Waals surface area (Å²) in [5, 5.41) is 0. The van der Waals surface area contributed by atoms with Crippen LogP contribution in [0.15, 0.2) is 34.9 Å². The van der Waals surface area contributed by atoms with Gasteiger partial charge in [-0.3, -0.25) is 0 Å². The lowest BCUT2D eigenvalue weighted by atomic mass is 10.2. The summed E-state index contributed by atoms with van der Waals surface area (Å²) >= 11 is 0. The van der Waals surface area contributed by atoms with Gasteiger partial charge in [0.2, 0.25) is 0 Å². The van der Waals surface area contributed by atoms with E-state index in [4.69, 9.17) is 4.42 Å². The molecule has 0 amide bonds. The minimum absolute atomic E-state index is 0.326. The Bertz CT molecular complexity index is 482. The molecule has 0 spiro atoms. The van der Waals surface area contributed by atoms with Crippen LogP contribution in [-0.4, -0.2) is 17.6 Å². The molecule has 16 heavy (non-hydrogen) atoms. The molecule has 0 N–H and O–H groups in total. The van der Waals surface area contributed by atoms with Crippen LogP contribution >= 0.6 is 0 Å². The Labute approximate surface area is 93.4 Å². The van der Waals surface area contributed by atoms with E-state index in [1.165, 1.54) is 7.11 Å². The van der Waals surface area contributed by atoms with Crippen molar-refractivity contribution in [3.05, 3.63) is 47.7 Å². The predicted octanol–water partition coefficient (Wildman–Crippen LogP) is 2.00. The molecule has 0 radical (unpaired) electrons. The van der Waals surface area contributed by atoms with Gasteiger partial charge in [-0.05, 0) is 24.3 Å². The van der Waals surface area contributed by atoms with Gasteiger partial charge in [0.05, 0.1) is 13.4 Å². The van der Waals surface area contributed by atoms with Crippen LogP contribution in [0, 0.1) is 0 Å².